The van der Waals surface area contributed by atoms with Crippen LogP contribution in [-0.4, -0.2) is 66.7 Å². The molecule has 4 N–H and O–H groups in total. The number of ether oxygens (including phenoxy) is 3. The van der Waals surface area contributed by atoms with Crippen molar-refractivity contribution in [2.45, 2.75) is 64.6 Å². The van der Waals surface area contributed by atoms with Gasteiger partial charge in [-0.2, -0.15) is 0 Å². The summed E-state index contributed by atoms with van der Waals surface area (Å²) in [5.74, 6) is 1.79. The minimum Gasteiger partial charge on any atom is -0.493 e. The Morgan fingerprint density at radius 1 is 1.22 bits per heavy atom. The van der Waals surface area contributed by atoms with E-state index in [-0.39, 0.29) is 18.4 Å². The first-order valence-corrected chi connectivity index (χ1v) is 12.6. The van der Waals surface area contributed by atoms with E-state index in [1.807, 2.05) is 18.2 Å². The number of hydrogen-bond acceptors (Lipinski definition) is 7. The summed E-state index contributed by atoms with van der Waals surface area (Å²) >= 11 is 0. The molecular formula is C27H44N4O5. The van der Waals surface area contributed by atoms with Crippen LogP contribution in [0.5, 0.6) is 11.5 Å². The van der Waals surface area contributed by atoms with Gasteiger partial charge in [-0.1, -0.05) is 19.9 Å². The van der Waals surface area contributed by atoms with E-state index in [1.54, 1.807) is 51.4 Å². The van der Waals surface area contributed by atoms with Gasteiger partial charge in [-0.05, 0) is 56.2 Å². The monoisotopic (exact) mass is 504 g/mol. The van der Waals surface area contributed by atoms with Gasteiger partial charge < -0.3 is 34.9 Å². The fourth-order valence-electron chi connectivity index (χ4n) is 4.02. The minimum atomic E-state index is -0.857. The molecule has 0 aliphatic carbocycles. The van der Waals surface area contributed by atoms with E-state index in [4.69, 9.17) is 19.9 Å². The van der Waals surface area contributed by atoms with Crippen LogP contribution in [0.1, 0.15) is 46.1 Å². The molecule has 1 aromatic carbocycles. The quantitative estimate of drug-likeness (QED) is 0.301. The molecule has 2 rings (SSSR count). The molecule has 0 bridgehead atoms. The second kappa shape index (κ2) is 14.2. The first-order valence-electron chi connectivity index (χ1n) is 12.6. The number of carbonyl (C=O) groups excluding carboxylic acids is 1. The zero-order valence-corrected chi connectivity index (χ0v) is 22.6. The molecule has 0 spiro atoms. The maximum absolute atomic E-state index is 12.7. The normalized spacial score (nSPS) is 14.4. The van der Waals surface area contributed by atoms with Crippen LogP contribution in [0, 0.1) is 11.8 Å². The predicted octanol–water partition coefficient (Wildman–Crippen LogP) is 2.75. The Morgan fingerprint density at radius 3 is 2.58 bits per heavy atom. The number of aliphatic hydroxyl groups is 1. The Kier molecular flexibility index (Phi) is 11.7. The highest BCUT2D eigenvalue weighted by Gasteiger charge is 2.30. The van der Waals surface area contributed by atoms with Crippen molar-refractivity contribution in [2.24, 2.45) is 17.6 Å². The summed E-state index contributed by atoms with van der Waals surface area (Å²) in [6.45, 7) is 9.19. The second-order valence-corrected chi connectivity index (χ2v) is 10.1. The summed E-state index contributed by atoms with van der Waals surface area (Å²) in [5.41, 5.74) is 6.69. The lowest BCUT2D eigenvalue weighted by Crippen LogP contribution is -2.50. The molecule has 9 heteroatoms. The number of carbonyl (C=O) groups is 1. The van der Waals surface area contributed by atoms with E-state index in [9.17, 15) is 9.90 Å². The number of imidazole rings is 1. The van der Waals surface area contributed by atoms with Crippen molar-refractivity contribution >= 4 is 5.91 Å². The fraction of sp³-hybridized carbons (Fsp3) is 0.630. The summed E-state index contributed by atoms with van der Waals surface area (Å²) < 4.78 is 18.2. The van der Waals surface area contributed by atoms with Gasteiger partial charge in [0.25, 0.3) is 0 Å². The Balaban J connectivity index is 1.96. The molecule has 0 unspecified atom stereocenters. The molecular weight excluding hydrogens is 460 g/mol. The van der Waals surface area contributed by atoms with Crippen LogP contribution in [-0.2, 0) is 21.5 Å². The molecule has 36 heavy (non-hydrogen) atoms. The number of nitrogens with zero attached hydrogens (tertiary/aromatic N) is 2. The lowest BCUT2D eigenvalue weighted by Gasteiger charge is -2.29. The molecule has 1 amide bonds. The Labute approximate surface area is 215 Å². The molecule has 202 valence electrons. The van der Waals surface area contributed by atoms with Gasteiger partial charge >= 0.3 is 0 Å². The summed E-state index contributed by atoms with van der Waals surface area (Å²) in [7, 11) is 3.30. The largest absolute Gasteiger partial charge is 0.493 e. The summed E-state index contributed by atoms with van der Waals surface area (Å²) in [6.07, 6.45) is 6.32. The number of aliphatic hydroxyl groups excluding tert-OH is 1. The van der Waals surface area contributed by atoms with E-state index >= 15 is 0 Å². The molecule has 1 aromatic heterocycles. The molecule has 3 atom stereocenters. The van der Waals surface area contributed by atoms with Crippen molar-refractivity contribution in [1.82, 2.24) is 14.9 Å². The summed E-state index contributed by atoms with van der Waals surface area (Å²) in [6, 6.07) is 5.50. The number of benzene rings is 1. The highest BCUT2D eigenvalue weighted by atomic mass is 16.5. The van der Waals surface area contributed by atoms with Crippen LogP contribution in [0.15, 0.2) is 36.9 Å². The molecule has 0 radical (unpaired) electrons. The number of rotatable bonds is 16. The van der Waals surface area contributed by atoms with E-state index < -0.39 is 17.7 Å². The van der Waals surface area contributed by atoms with Crippen LogP contribution in [0.4, 0.5) is 0 Å². The second-order valence-electron chi connectivity index (χ2n) is 10.1. The molecule has 0 fully saturated rings. The van der Waals surface area contributed by atoms with Crippen LogP contribution in [0.2, 0.25) is 0 Å². The maximum Gasteiger partial charge on any atom is 0.245 e. The predicted molar refractivity (Wildman–Crippen MR) is 140 cm³/mol. The Bertz CT molecular complexity index is 917. The zero-order valence-electron chi connectivity index (χ0n) is 22.6. The standard InChI is InChI=1S/C27H44N4O5/c1-19(2)21(14-20-8-9-24(35-6)25(15-20)36-13-7-12-34-5)16-22(28)23(32)17-30-26(33)27(3,4)31-11-10-29-18-31/h8-11,15,18-19,21-23,32H,7,12-14,16-17,28H2,1-6H3,(H,30,33)/t21-,22-,23-/m0/s1. The third-order valence-corrected chi connectivity index (χ3v) is 6.67. The molecule has 9 nitrogen and oxygen atoms in total. The number of nitrogens with one attached hydrogen (secondary N) is 1. The molecule has 0 saturated heterocycles. The molecule has 0 aliphatic heterocycles. The van der Waals surface area contributed by atoms with Gasteiger partial charge in [0, 0.05) is 45.1 Å². The van der Waals surface area contributed by atoms with Crippen molar-refractivity contribution in [1.29, 1.82) is 0 Å². The molecule has 2 aromatic rings. The van der Waals surface area contributed by atoms with Gasteiger partial charge in [-0.15, -0.1) is 0 Å². The first-order chi connectivity index (χ1) is 17.1. The van der Waals surface area contributed by atoms with E-state index in [2.05, 4.69) is 24.1 Å². The Hall–Kier alpha value is -2.62. The van der Waals surface area contributed by atoms with Gasteiger partial charge in [-0.3, -0.25) is 4.79 Å². The van der Waals surface area contributed by atoms with Crippen molar-refractivity contribution in [3.63, 3.8) is 0 Å². The van der Waals surface area contributed by atoms with Crippen molar-refractivity contribution in [2.75, 3.05) is 34.0 Å². The zero-order chi connectivity index (χ0) is 26.7. The highest BCUT2D eigenvalue weighted by molar-refractivity contribution is 5.83. The number of nitrogens with two attached hydrogens (primary N) is 1. The van der Waals surface area contributed by atoms with Crippen LogP contribution in [0.3, 0.4) is 0 Å². The number of amides is 1. The van der Waals surface area contributed by atoms with E-state index in [1.165, 1.54) is 0 Å². The molecule has 0 saturated carbocycles. The van der Waals surface area contributed by atoms with Crippen molar-refractivity contribution in [3.8, 4) is 11.5 Å². The van der Waals surface area contributed by atoms with Gasteiger partial charge in [0.15, 0.2) is 11.5 Å². The molecule has 0 aliphatic rings. The van der Waals surface area contributed by atoms with Crippen molar-refractivity contribution in [3.05, 3.63) is 42.5 Å². The van der Waals surface area contributed by atoms with E-state index in [0.29, 0.717) is 37.1 Å². The van der Waals surface area contributed by atoms with Crippen LogP contribution < -0.4 is 20.5 Å². The fourth-order valence-corrected chi connectivity index (χ4v) is 4.02. The molecule has 1 heterocycles. The van der Waals surface area contributed by atoms with Crippen LogP contribution in [0.25, 0.3) is 0 Å². The summed E-state index contributed by atoms with van der Waals surface area (Å²) in [5, 5.41) is 13.5. The van der Waals surface area contributed by atoms with Crippen LogP contribution >= 0.6 is 0 Å². The smallest absolute Gasteiger partial charge is 0.245 e. The highest BCUT2D eigenvalue weighted by Crippen LogP contribution is 2.31. The topological polar surface area (TPSA) is 121 Å². The minimum absolute atomic E-state index is 0.0882. The van der Waals surface area contributed by atoms with Gasteiger partial charge in [-0.25, -0.2) is 4.98 Å². The van der Waals surface area contributed by atoms with Gasteiger partial charge in [0.1, 0.15) is 5.54 Å². The van der Waals surface area contributed by atoms with Crippen molar-refractivity contribution < 1.29 is 24.1 Å². The van der Waals surface area contributed by atoms with Gasteiger partial charge in [0.2, 0.25) is 5.91 Å². The SMILES string of the molecule is COCCCOc1cc(C[C@@H](C[C@H](N)[C@@H](O)CNC(=O)C(C)(C)n2ccnc2)C(C)C)ccc1OC. The Morgan fingerprint density at radius 2 is 1.97 bits per heavy atom. The summed E-state index contributed by atoms with van der Waals surface area (Å²) in [4.78, 5) is 16.7. The number of methoxy groups -OCH3 is 2. The third-order valence-electron chi connectivity index (χ3n) is 6.67. The number of hydrogen-bond donors (Lipinski definition) is 3. The number of aromatic nitrogens is 2. The maximum atomic E-state index is 12.7. The van der Waals surface area contributed by atoms with E-state index in [0.717, 1.165) is 18.4 Å². The van der Waals surface area contributed by atoms with Gasteiger partial charge in [0.05, 0.1) is 26.1 Å². The average molecular weight is 505 g/mol. The first kappa shape index (κ1) is 29.6. The lowest BCUT2D eigenvalue weighted by atomic mass is 9.83. The average Bonchev–Trinajstić information content (AvgIpc) is 3.40. The third kappa shape index (κ3) is 8.50. The lowest BCUT2D eigenvalue weighted by molar-refractivity contribution is -0.128.